The van der Waals surface area contributed by atoms with Crippen LogP contribution in [0.4, 0.5) is 5.69 Å². The Kier molecular flexibility index (Phi) is 5.38. The van der Waals surface area contributed by atoms with Gasteiger partial charge in [-0.1, -0.05) is 42.1 Å². The van der Waals surface area contributed by atoms with Gasteiger partial charge in [-0.05, 0) is 60.5 Å². The highest BCUT2D eigenvalue weighted by molar-refractivity contribution is 7.99. The highest BCUT2D eigenvalue weighted by Crippen LogP contribution is 2.29. The SMILES string of the molecule is Cc1cccc(-n2c(SCC(=O)N3CCCc4ccccc43)nc3ccsc3c2=O)c1. The number of thioether (sulfide) groups is 1. The van der Waals surface area contributed by atoms with Crippen molar-refractivity contribution in [1.29, 1.82) is 0 Å². The molecular weight excluding hydrogens is 426 g/mol. The molecule has 0 N–H and O–H groups in total. The number of fused-ring (bicyclic) bond motifs is 2. The lowest BCUT2D eigenvalue weighted by atomic mass is 10.0. The standard InChI is InChI=1S/C24H21N3O2S2/c1-16-6-4-9-18(14-16)27-23(29)22-19(11-13-30-22)25-24(27)31-15-21(28)26-12-5-8-17-7-2-3-10-20(17)26/h2-4,6-7,9-11,13-14H,5,8,12,15H2,1H3. The van der Waals surface area contributed by atoms with Crippen molar-refractivity contribution in [2.75, 3.05) is 17.2 Å². The number of hydrogen-bond donors (Lipinski definition) is 0. The third-order valence-corrected chi connectivity index (χ3v) is 7.26. The van der Waals surface area contributed by atoms with Crippen molar-refractivity contribution in [3.63, 3.8) is 0 Å². The van der Waals surface area contributed by atoms with E-state index >= 15 is 0 Å². The van der Waals surface area contributed by atoms with Crippen molar-refractivity contribution in [1.82, 2.24) is 9.55 Å². The van der Waals surface area contributed by atoms with Gasteiger partial charge in [-0.3, -0.25) is 14.2 Å². The summed E-state index contributed by atoms with van der Waals surface area (Å²) < 4.78 is 2.26. The molecule has 0 saturated heterocycles. The fourth-order valence-corrected chi connectivity index (χ4v) is 5.63. The van der Waals surface area contributed by atoms with Crippen LogP contribution in [0.15, 0.2) is 69.9 Å². The van der Waals surface area contributed by atoms with E-state index in [2.05, 4.69) is 6.07 Å². The zero-order valence-corrected chi connectivity index (χ0v) is 18.7. The fraction of sp³-hybridized carbons (Fsp3) is 0.208. The summed E-state index contributed by atoms with van der Waals surface area (Å²) in [5, 5.41) is 2.42. The third-order valence-electron chi connectivity index (χ3n) is 5.45. The highest BCUT2D eigenvalue weighted by atomic mass is 32.2. The van der Waals surface area contributed by atoms with E-state index in [0.29, 0.717) is 15.4 Å². The minimum atomic E-state index is -0.0936. The van der Waals surface area contributed by atoms with Crippen LogP contribution >= 0.6 is 23.1 Å². The molecule has 4 aromatic rings. The predicted molar refractivity (Wildman–Crippen MR) is 128 cm³/mol. The van der Waals surface area contributed by atoms with Gasteiger partial charge in [0.15, 0.2) is 5.16 Å². The van der Waals surface area contributed by atoms with Crippen molar-refractivity contribution in [2.24, 2.45) is 0 Å². The topological polar surface area (TPSA) is 55.2 Å². The molecule has 0 atom stereocenters. The van der Waals surface area contributed by atoms with E-state index in [-0.39, 0.29) is 17.2 Å². The monoisotopic (exact) mass is 447 g/mol. The first-order valence-electron chi connectivity index (χ1n) is 10.2. The van der Waals surface area contributed by atoms with Gasteiger partial charge in [0.1, 0.15) is 4.70 Å². The Bertz CT molecular complexity index is 1340. The number of carbonyl (C=O) groups excluding carboxylic acids is 1. The molecule has 1 aliphatic heterocycles. The molecule has 31 heavy (non-hydrogen) atoms. The van der Waals surface area contributed by atoms with Crippen LogP contribution in [0.2, 0.25) is 0 Å². The fourth-order valence-electron chi connectivity index (χ4n) is 3.98. The molecule has 0 radical (unpaired) electrons. The Hall–Kier alpha value is -2.90. The summed E-state index contributed by atoms with van der Waals surface area (Å²) in [6, 6.07) is 17.7. The second kappa shape index (κ2) is 8.32. The molecule has 5 rings (SSSR count). The summed E-state index contributed by atoms with van der Waals surface area (Å²) in [5.41, 5.74) is 4.62. The van der Waals surface area contributed by atoms with Crippen LogP contribution < -0.4 is 10.5 Å². The predicted octanol–water partition coefficient (Wildman–Crippen LogP) is 4.83. The van der Waals surface area contributed by atoms with Gasteiger partial charge in [0.05, 0.1) is 17.0 Å². The van der Waals surface area contributed by atoms with Gasteiger partial charge >= 0.3 is 0 Å². The van der Waals surface area contributed by atoms with Crippen LogP contribution in [-0.2, 0) is 11.2 Å². The lowest BCUT2D eigenvalue weighted by Gasteiger charge is -2.29. The normalized spacial score (nSPS) is 13.4. The molecule has 0 unspecified atom stereocenters. The number of amides is 1. The van der Waals surface area contributed by atoms with Crippen molar-refractivity contribution < 1.29 is 4.79 Å². The third kappa shape index (κ3) is 3.79. The minimum absolute atomic E-state index is 0.0348. The van der Waals surface area contributed by atoms with E-state index < -0.39 is 0 Å². The number of carbonyl (C=O) groups is 1. The molecule has 0 fully saturated rings. The summed E-state index contributed by atoms with van der Waals surface area (Å²) in [6.07, 6.45) is 1.96. The molecule has 0 saturated carbocycles. The van der Waals surface area contributed by atoms with Crippen LogP contribution in [0.3, 0.4) is 0 Å². The number of para-hydroxylation sites is 1. The molecule has 5 nitrogen and oxygen atoms in total. The van der Waals surface area contributed by atoms with Crippen LogP contribution in [0.5, 0.6) is 0 Å². The number of benzene rings is 2. The van der Waals surface area contributed by atoms with E-state index in [1.54, 1.807) is 4.57 Å². The largest absolute Gasteiger partial charge is 0.311 e. The first kappa shape index (κ1) is 20.0. The van der Waals surface area contributed by atoms with Crippen LogP contribution in [0, 0.1) is 6.92 Å². The second-order valence-corrected chi connectivity index (χ2v) is 9.43. The molecular formula is C24H21N3O2S2. The Balaban J connectivity index is 1.49. The maximum absolute atomic E-state index is 13.3. The van der Waals surface area contributed by atoms with Crippen LogP contribution in [0.1, 0.15) is 17.5 Å². The summed E-state index contributed by atoms with van der Waals surface area (Å²) >= 11 is 2.72. The zero-order valence-electron chi connectivity index (χ0n) is 17.1. The maximum atomic E-state index is 13.3. The Morgan fingerprint density at radius 3 is 2.90 bits per heavy atom. The van der Waals surface area contributed by atoms with Gasteiger partial charge < -0.3 is 4.90 Å². The lowest BCUT2D eigenvalue weighted by molar-refractivity contribution is -0.116. The molecule has 156 valence electrons. The summed E-state index contributed by atoms with van der Waals surface area (Å²) in [6.45, 7) is 2.72. The first-order chi connectivity index (χ1) is 15.1. The maximum Gasteiger partial charge on any atom is 0.276 e. The Labute approximate surface area is 188 Å². The van der Waals surface area contributed by atoms with Crippen molar-refractivity contribution in [2.45, 2.75) is 24.9 Å². The lowest BCUT2D eigenvalue weighted by Crippen LogP contribution is -2.36. The van der Waals surface area contributed by atoms with Gasteiger partial charge in [0.25, 0.3) is 5.56 Å². The van der Waals surface area contributed by atoms with Gasteiger partial charge in [0, 0.05) is 12.2 Å². The second-order valence-electron chi connectivity index (χ2n) is 7.58. The number of hydrogen-bond acceptors (Lipinski definition) is 5. The molecule has 1 amide bonds. The number of thiophene rings is 1. The van der Waals surface area contributed by atoms with Gasteiger partial charge in [0.2, 0.25) is 5.91 Å². The van der Waals surface area contributed by atoms with E-state index in [0.717, 1.165) is 36.3 Å². The average molecular weight is 448 g/mol. The van der Waals surface area contributed by atoms with Crippen molar-refractivity contribution in [3.05, 3.63) is 81.5 Å². The smallest absolute Gasteiger partial charge is 0.276 e. The molecule has 7 heteroatoms. The molecule has 2 aromatic heterocycles. The molecule has 0 bridgehead atoms. The van der Waals surface area contributed by atoms with Crippen molar-refractivity contribution >= 4 is 44.9 Å². The number of aromatic nitrogens is 2. The summed E-state index contributed by atoms with van der Waals surface area (Å²) in [7, 11) is 0. The molecule has 1 aliphatic rings. The quantitative estimate of drug-likeness (QED) is 0.332. The highest BCUT2D eigenvalue weighted by Gasteiger charge is 2.23. The molecule has 0 spiro atoms. The number of nitrogens with zero attached hydrogens (tertiary/aromatic N) is 3. The summed E-state index contributed by atoms with van der Waals surface area (Å²) in [5.74, 6) is 0.259. The number of aryl methyl sites for hydroxylation is 2. The number of rotatable bonds is 4. The minimum Gasteiger partial charge on any atom is -0.311 e. The molecule has 0 aliphatic carbocycles. The Morgan fingerprint density at radius 1 is 1.16 bits per heavy atom. The van der Waals surface area contributed by atoms with Gasteiger partial charge in [-0.15, -0.1) is 11.3 Å². The molecule has 2 aromatic carbocycles. The van der Waals surface area contributed by atoms with Crippen molar-refractivity contribution in [3.8, 4) is 5.69 Å². The van der Waals surface area contributed by atoms with E-state index in [4.69, 9.17) is 4.98 Å². The van der Waals surface area contributed by atoms with E-state index in [1.807, 2.05) is 65.7 Å². The van der Waals surface area contributed by atoms with Crippen LogP contribution in [0.25, 0.3) is 15.9 Å². The van der Waals surface area contributed by atoms with E-state index in [9.17, 15) is 9.59 Å². The Morgan fingerprint density at radius 2 is 2.03 bits per heavy atom. The van der Waals surface area contributed by atoms with Crippen LogP contribution in [-0.4, -0.2) is 27.8 Å². The summed E-state index contributed by atoms with van der Waals surface area (Å²) in [4.78, 5) is 33.0. The van der Waals surface area contributed by atoms with Gasteiger partial charge in [-0.2, -0.15) is 0 Å². The van der Waals surface area contributed by atoms with Gasteiger partial charge in [-0.25, -0.2) is 4.98 Å². The molecule has 3 heterocycles. The first-order valence-corrected chi connectivity index (χ1v) is 12.1. The van der Waals surface area contributed by atoms with E-state index in [1.165, 1.54) is 28.7 Å². The average Bonchev–Trinajstić information content (AvgIpc) is 3.26. The number of anilines is 1. The zero-order chi connectivity index (χ0) is 21.4.